The van der Waals surface area contributed by atoms with Gasteiger partial charge in [0.2, 0.25) is 0 Å². The summed E-state index contributed by atoms with van der Waals surface area (Å²) in [4.78, 5) is 0. The van der Waals surface area contributed by atoms with E-state index in [0.29, 0.717) is 18.0 Å². The Bertz CT molecular complexity index is 739. The van der Waals surface area contributed by atoms with E-state index in [-0.39, 0.29) is 0 Å². The first-order valence-corrected chi connectivity index (χ1v) is 9.09. The van der Waals surface area contributed by atoms with Gasteiger partial charge in [-0.3, -0.25) is 0 Å². The van der Waals surface area contributed by atoms with E-state index in [1.165, 1.54) is 29.5 Å². The Labute approximate surface area is 149 Å². The van der Waals surface area contributed by atoms with Crippen molar-refractivity contribution in [3.05, 3.63) is 77.4 Å². The third-order valence-corrected chi connectivity index (χ3v) is 5.38. The molecule has 1 saturated carbocycles. The van der Waals surface area contributed by atoms with E-state index in [4.69, 9.17) is 12.2 Å². The van der Waals surface area contributed by atoms with Crippen molar-refractivity contribution in [3.63, 3.8) is 0 Å². The first-order valence-electron chi connectivity index (χ1n) is 8.69. The van der Waals surface area contributed by atoms with Gasteiger partial charge in [0.05, 0.1) is 12.1 Å². The molecule has 3 atom stereocenters. The van der Waals surface area contributed by atoms with Crippen LogP contribution in [-0.2, 0) is 0 Å². The van der Waals surface area contributed by atoms with E-state index in [1.54, 1.807) is 0 Å². The van der Waals surface area contributed by atoms with Crippen LogP contribution in [0.25, 0.3) is 6.08 Å². The van der Waals surface area contributed by atoms with E-state index in [0.717, 1.165) is 11.5 Å². The molecule has 2 N–H and O–H groups in total. The van der Waals surface area contributed by atoms with Crippen molar-refractivity contribution >= 4 is 23.4 Å². The van der Waals surface area contributed by atoms with Gasteiger partial charge in [-0.1, -0.05) is 66.7 Å². The summed E-state index contributed by atoms with van der Waals surface area (Å²) >= 11 is 5.52. The molecule has 0 unspecified atom stereocenters. The maximum Gasteiger partial charge on any atom is 0.167 e. The number of hydrogen-bond donors (Lipinski definition) is 2. The number of hydrogen-bond acceptors (Lipinski definition) is 1. The lowest BCUT2D eigenvalue weighted by Gasteiger charge is -2.45. The van der Waals surface area contributed by atoms with Crippen molar-refractivity contribution in [2.45, 2.75) is 31.3 Å². The van der Waals surface area contributed by atoms with Crippen LogP contribution in [-0.4, -0.2) is 11.2 Å². The van der Waals surface area contributed by atoms with Crippen LogP contribution >= 0.6 is 12.2 Å². The fraction of sp³-hybridized carbons (Fsp3) is 0.286. The van der Waals surface area contributed by atoms with Crippen LogP contribution in [0.3, 0.4) is 0 Å². The van der Waals surface area contributed by atoms with Gasteiger partial charge in [-0.15, -0.1) is 0 Å². The zero-order valence-corrected chi connectivity index (χ0v) is 14.4. The second-order valence-corrected chi connectivity index (χ2v) is 7.08. The summed E-state index contributed by atoms with van der Waals surface area (Å²) in [6, 6.07) is 21.9. The second kappa shape index (κ2) is 6.78. The number of rotatable bonds is 2. The summed E-state index contributed by atoms with van der Waals surface area (Å²) in [7, 11) is 0. The Morgan fingerprint density at radius 3 is 2.29 bits per heavy atom. The first kappa shape index (κ1) is 15.4. The fourth-order valence-electron chi connectivity index (χ4n) is 4.05. The molecule has 1 aliphatic heterocycles. The summed E-state index contributed by atoms with van der Waals surface area (Å²) in [5.74, 6) is 0.530. The summed E-state index contributed by atoms with van der Waals surface area (Å²) < 4.78 is 0. The summed E-state index contributed by atoms with van der Waals surface area (Å²) in [6.45, 7) is 0. The van der Waals surface area contributed by atoms with Crippen molar-refractivity contribution in [2.24, 2.45) is 5.92 Å². The normalized spacial score (nSPS) is 27.9. The van der Waals surface area contributed by atoms with Crippen LogP contribution in [0.2, 0.25) is 0 Å². The molecule has 2 nitrogen and oxygen atoms in total. The van der Waals surface area contributed by atoms with E-state index >= 15 is 0 Å². The van der Waals surface area contributed by atoms with Crippen molar-refractivity contribution in [1.29, 1.82) is 0 Å². The molecule has 0 aromatic heterocycles. The minimum atomic E-state index is 0.296. The van der Waals surface area contributed by atoms with Crippen LogP contribution in [0.1, 0.15) is 36.4 Å². The molecule has 2 aromatic carbocycles. The molecule has 0 amide bonds. The number of nitrogens with one attached hydrogen (secondary N) is 2. The molecule has 2 aliphatic rings. The Morgan fingerprint density at radius 2 is 1.54 bits per heavy atom. The highest BCUT2D eigenvalue weighted by molar-refractivity contribution is 7.80. The van der Waals surface area contributed by atoms with Gasteiger partial charge in [0.25, 0.3) is 0 Å². The van der Waals surface area contributed by atoms with Crippen molar-refractivity contribution < 1.29 is 0 Å². The monoisotopic (exact) mass is 334 g/mol. The summed E-state index contributed by atoms with van der Waals surface area (Å²) in [5.41, 5.74) is 4.08. The largest absolute Gasteiger partial charge is 0.356 e. The molecule has 4 rings (SSSR count). The molecule has 2 fully saturated rings. The molecule has 24 heavy (non-hydrogen) atoms. The zero-order chi connectivity index (χ0) is 16.4. The minimum Gasteiger partial charge on any atom is -0.356 e. The van der Waals surface area contributed by atoms with Crippen LogP contribution in [0, 0.1) is 5.92 Å². The van der Waals surface area contributed by atoms with E-state index in [2.05, 4.69) is 77.4 Å². The predicted octanol–water partition coefficient (Wildman–Crippen LogP) is 4.46. The molecule has 0 spiro atoms. The first-order chi connectivity index (χ1) is 11.8. The Morgan fingerprint density at radius 1 is 0.875 bits per heavy atom. The highest BCUT2D eigenvalue weighted by Crippen LogP contribution is 2.39. The molecular weight excluding hydrogens is 312 g/mol. The number of benzene rings is 2. The van der Waals surface area contributed by atoms with Crippen LogP contribution in [0.15, 0.2) is 66.2 Å². The van der Waals surface area contributed by atoms with Crippen LogP contribution in [0.5, 0.6) is 0 Å². The maximum absolute atomic E-state index is 5.52. The van der Waals surface area contributed by atoms with Crippen molar-refractivity contribution in [3.8, 4) is 0 Å². The third-order valence-electron chi connectivity index (χ3n) is 5.14. The Kier molecular flexibility index (Phi) is 4.35. The van der Waals surface area contributed by atoms with E-state index in [9.17, 15) is 0 Å². The lowest BCUT2D eigenvalue weighted by Crippen LogP contribution is -2.57. The Hall–Kier alpha value is -2.13. The lowest BCUT2D eigenvalue weighted by molar-refractivity contribution is 0.260. The Balaban J connectivity index is 1.67. The summed E-state index contributed by atoms with van der Waals surface area (Å²) in [6.07, 6.45) is 5.95. The zero-order valence-electron chi connectivity index (χ0n) is 13.6. The van der Waals surface area contributed by atoms with Gasteiger partial charge in [-0.05, 0) is 48.2 Å². The highest BCUT2D eigenvalue weighted by Gasteiger charge is 2.39. The third kappa shape index (κ3) is 3.09. The minimum absolute atomic E-state index is 0.296. The molecule has 3 heteroatoms. The fourth-order valence-corrected chi connectivity index (χ4v) is 4.30. The molecule has 122 valence electrons. The average molecular weight is 334 g/mol. The SMILES string of the molecule is S=C1N[C@@H]2/C(=C/c3ccccc3)CCC[C@@H]2[C@@H](c2ccccc2)N1. The average Bonchev–Trinajstić information content (AvgIpc) is 2.63. The smallest absolute Gasteiger partial charge is 0.167 e. The number of thiocarbonyl (C=S) groups is 1. The van der Waals surface area contributed by atoms with Crippen molar-refractivity contribution in [2.75, 3.05) is 0 Å². The second-order valence-electron chi connectivity index (χ2n) is 6.67. The topological polar surface area (TPSA) is 24.1 Å². The lowest BCUT2D eigenvalue weighted by atomic mass is 9.73. The number of fused-ring (bicyclic) bond motifs is 1. The van der Waals surface area contributed by atoms with E-state index in [1.807, 2.05) is 0 Å². The van der Waals surface area contributed by atoms with Gasteiger partial charge >= 0.3 is 0 Å². The molecule has 2 aromatic rings. The molecule has 1 aliphatic carbocycles. The molecular formula is C21H22N2S. The molecule has 0 bridgehead atoms. The van der Waals surface area contributed by atoms with Gasteiger partial charge in [0.15, 0.2) is 5.11 Å². The molecule has 0 radical (unpaired) electrons. The van der Waals surface area contributed by atoms with Gasteiger partial charge in [0, 0.05) is 5.92 Å². The maximum atomic E-state index is 5.52. The standard InChI is InChI=1S/C21H22N2S/c24-21-22-19(16-10-5-2-6-11-16)18-13-7-12-17(20(18)23-21)14-15-8-3-1-4-9-15/h1-6,8-11,14,18-20H,7,12-13H2,(H2,22,23,24)/b17-14+/t18-,19-,20-/m1/s1. The highest BCUT2D eigenvalue weighted by atomic mass is 32.1. The van der Waals surface area contributed by atoms with Crippen LogP contribution < -0.4 is 10.6 Å². The van der Waals surface area contributed by atoms with Gasteiger partial charge in [-0.2, -0.15) is 0 Å². The molecule has 1 saturated heterocycles. The van der Waals surface area contributed by atoms with Gasteiger partial charge in [0.1, 0.15) is 0 Å². The van der Waals surface area contributed by atoms with E-state index < -0.39 is 0 Å². The van der Waals surface area contributed by atoms with Gasteiger partial charge in [-0.25, -0.2) is 0 Å². The van der Waals surface area contributed by atoms with Crippen molar-refractivity contribution in [1.82, 2.24) is 10.6 Å². The quantitative estimate of drug-likeness (QED) is 0.793. The summed E-state index contributed by atoms with van der Waals surface area (Å²) in [5, 5.41) is 7.82. The van der Waals surface area contributed by atoms with Crippen LogP contribution in [0.4, 0.5) is 0 Å². The van der Waals surface area contributed by atoms with Gasteiger partial charge < -0.3 is 10.6 Å². The molecule has 1 heterocycles. The predicted molar refractivity (Wildman–Crippen MR) is 104 cm³/mol.